The first kappa shape index (κ1) is 27.0. The van der Waals surface area contributed by atoms with Gasteiger partial charge in [-0.05, 0) is 16.7 Å². The van der Waals surface area contributed by atoms with Crippen LogP contribution in [0.3, 0.4) is 0 Å². The molecule has 1 saturated heterocycles. The van der Waals surface area contributed by atoms with E-state index in [1.165, 1.54) is 0 Å². The molecular formula is C31H34O6. The molecule has 194 valence electrons. The van der Waals surface area contributed by atoms with Gasteiger partial charge in [-0.3, -0.25) is 0 Å². The molecule has 6 nitrogen and oxygen atoms in total. The Bertz CT molecular complexity index is 1070. The van der Waals surface area contributed by atoms with Crippen LogP contribution in [0, 0.1) is 12.3 Å². The Kier molecular flexibility index (Phi) is 10.7. The zero-order valence-electron chi connectivity index (χ0n) is 21.1. The number of ether oxygens (including phenoxy) is 6. The van der Waals surface area contributed by atoms with Gasteiger partial charge < -0.3 is 28.4 Å². The van der Waals surface area contributed by atoms with Gasteiger partial charge >= 0.3 is 0 Å². The fourth-order valence-electron chi connectivity index (χ4n) is 4.30. The third kappa shape index (κ3) is 7.98. The van der Waals surface area contributed by atoms with E-state index in [-0.39, 0.29) is 13.2 Å². The van der Waals surface area contributed by atoms with E-state index in [1.54, 1.807) is 7.11 Å². The van der Waals surface area contributed by atoms with Crippen LogP contribution in [0.25, 0.3) is 0 Å². The Morgan fingerprint density at radius 3 is 1.59 bits per heavy atom. The zero-order valence-corrected chi connectivity index (χ0v) is 21.1. The lowest BCUT2D eigenvalue weighted by Gasteiger charge is -2.45. The molecule has 1 heterocycles. The lowest BCUT2D eigenvalue weighted by Crippen LogP contribution is -2.61. The Hall–Kier alpha value is -3.02. The van der Waals surface area contributed by atoms with E-state index < -0.39 is 30.7 Å². The van der Waals surface area contributed by atoms with Crippen LogP contribution >= 0.6 is 0 Å². The van der Waals surface area contributed by atoms with Gasteiger partial charge in [0.05, 0.1) is 26.4 Å². The summed E-state index contributed by atoms with van der Waals surface area (Å²) in [7, 11) is 1.60. The van der Waals surface area contributed by atoms with Crippen molar-refractivity contribution >= 4 is 0 Å². The maximum Gasteiger partial charge on any atom is 0.186 e. The van der Waals surface area contributed by atoms with Gasteiger partial charge in [0.15, 0.2) is 6.29 Å². The lowest BCUT2D eigenvalue weighted by atomic mass is 9.98. The molecule has 1 aliphatic rings. The van der Waals surface area contributed by atoms with Crippen molar-refractivity contribution in [3.8, 4) is 12.3 Å². The monoisotopic (exact) mass is 502 g/mol. The van der Waals surface area contributed by atoms with E-state index >= 15 is 0 Å². The van der Waals surface area contributed by atoms with E-state index in [9.17, 15) is 0 Å². The van der Waals surface area contributed by atoms with Crippen molar-refractivity contribution in [2.75, 3.05) is 20.3 Å². The number of rotatable bonds is 13. The van der Waals surface area contributed by atoms with Crippen LogP contribution in [0.1, 0.15) is 16.7 Å². The average Bonchev–Trinajstić information content (AvgIpc) is 2.96. The van der Waals surface area contributed by atoms with Gasteiger partial charge in [0.1, 0.15) is 31.0 Å². The Morgan fingerprint density at radius 2 is 1.14 bits per heavy atom. The normalized spacial score (nSPS) is 23.4. The highest BCUT2D eigenvalue weighted by Crippen LogP contribution is 2.31. The van der Waals surface area contributed by atoms with Gasteiger partial charge in [0.2, 0.25) is 0 Å². The minimum Gasteiger partial charge on any atom is -0.368 e. The van der Waals surface area contributed by atoms with Crippen LogP contribution < -0.4 is 0 Å². The molecule has 0 amide bonds. The van der Waals surface area contributed by atoms with Crippen LogP contribution in [0.5, 0.6) is 0 Å². The van der Waals surface area contributed by atoms with Crippen molar-refractivity contribution in [1.82, 2.24) is 0 Å². The van der Waals surface area contributed by atoms with Crippen LogP contribution in [0.4, 0.5) is 0 Å². The predicted molar refractivity (Wildman–Crippen MR) is 140 cm³/mol. The number of hydrogen-bond acceptors (Lipinski definition) is 6. The first-order chi connectivity index (χ1) is 18.3. The second-order valence-electron chi connectivity index (χ2n) is 8.78. The lowest BCUT2D eigenvalue weighted by molar-refractivity contribution is -0.322. The summed E-state index contributed by atoms with van der Waals surface area (Å²) in [5.74, 6) is 2.50. The van der Waals surface area contributed by atoms with E-state index in [2.05, 4.69) is 5.92 Å². The van der Waals surface area contributed by atoms with Crippen LogP contribution in [0.2, 0.25) is 0 Å². The average molecular weight is 503 g/mol. The van der Waals surface area contributed by atoms with Gasteiger partial charge in [0.25, 0.3) is 0 Å². The molecule has 3 aromatic carbocycles. The fourth-order valence-corrected chi connectivity index (χ4v) is 4.30. The maximum absolute atomic E-state index is 6.53. The molecule has 0 N–H and O–H groups in total. The molecule has 0 saturated carbocycles. The SMILES string of the molecule is C#CCOC[C@H]1O[C@H](OC)[C@H](OCc2ccccc2)[C@@H](OCc2ccccc2)[C@@H]1OCc1ccccc1. The number of hydrogen-bond donors (Lipinski definition) is 0. The summed E-state index contributed by atoms with van der Waals surface area (Å²) in [6, 6.07) is 30.0. The van der Waals surface area contributed by atoms with E-state index in [0.29, 0.717) is 19.8 Å². The zero-order chi connectivity index (χ0) is 25.7. The van der Waals surface area contributed by atoms with Gasteiger partial charge in [-0.15, -0.1) is 6.42 Å². The molecular weight excluding hydrogens is 468 g/mol. The smallest absolute Gasteiger partial charge is 0.186 e. The Morgan fingerprint density at radius 1 is 0.676 bits per heavy atom. The van der Waals surface area contributed by atoms with E-state index in [1.807, 2.05) is 91.0 Å². The minimum absolute atomic E-state index is 0.173. The topological polar surface area (TPSA) is 55.4 Å². The molecule has 0 spiro atoms. The molecule has 0 bridgehead atoms. The van der Waals surface area contributed by atoms with Gasteiger partial charge in [-0.2, -0.15) is 0 Å². The number of terminal acetylenes is 1. The third-order valence-corrected chi connectivity index (χ3v) is 6.15. The van der Waals surface area contributed by atoms with Gasteiger partial charge in [-0.25, -0.2) is 0 Å². The summed E-state index contributed by atoms with van der Waals surface area (Å²) in [6.07, 6.45) is 2.72. The van der Waals surface area contributed by atoms with Crippen molar-refractivity contribution in [3.63, 3.8) is 0 Å². The first-order valence-corrected chi connectivity index (χ1v) is 12.4. The quantitative estimate of drug-likeness (QED) is 0.248. The summed E-state index contributed by atoms with van der Waals surface area (Å²) in [5, 5.41) is 0. The van der Waals surface area contributed by atoms with Crippen molar-refractivity contribution in [2.24, 2.45) is 0 Å². The summed E-state index contributed by atoms with van der Waals surface area (Å²) in [5.41, 5.74) is 3.13. The molecule has 0 radical (unpaired) electrons. The second kappa shape index (κ2) is 14.7. The third-order valence-electron chi connectivity index (χ3n) is 6.15. The van der Waals surface area contributed by atoms with Crippen molar-refractivity contribution < 1.29 is 28.4 Å². The molecule has 0 aromatic heterocycles. The standard InChI is InChI=1S/C31H34O6/c1-3-19-33-23-27-28(34-20-24-13-7-4-8-14-24)29(35-21-25-15-9-5-10-16-25)30(31(32-2)37-27)36-22-26-17-11-6-12-18-26/h1,4-18,27-31H,19-23H2,2H3/t27-,28-,29+,30-,31+/m1/s1. The minimum atomic E-state index is -0.680. The molecule has 3 aromatic rings. The van der Waals surface area contributed by atoms with Crippen molar-refractivity contribution in [1.29, 1.82) is 0 Å². The summed E-state index contributed by atoms with van der Waals surface area (Å²) in [6.45, 7) is 1.56. The van der Waals surface area contributed by atoms with E-state index in [0.717, 1.165) is 16.7 Å². The van der Waals surface area contributed by atoms with Crippen molar-refractivity contribution in [3.05, 3.63) is 108 Å². The van der Waals surface area contributed by atoms with E-state index in [4.69, 9.17) is 34.8 Å². The molecule has 1 fully saturated rings. The van der Waals surface area contributed by atoms with Gasteiger partial charge in [-0.1, -0.05) is 96.9 Å². The Labute approximate surface area is 219 Å². The molecule has 0 aliphatic carbocycles. The number of benzene rings is 3. The summed E-state index contributed by atoms with van der Waals surface area (Å²) >= 11 is 0. The van der Waals surface area contributed by atoms with Gasteiger partial charge in [0, 0.05) is 7.11 Å². The van der Waals surface area contributed by atoms with Crippen molar-refractivity contribution in [2.45, 2.75) is 50.5 Å². The molecule has 37 heavy (non-hydrogen) atoms. The largest absolute Gasteiger partial charge is 0.368 e. The summed E-state index contributed by atoms with van der Waals surface area (Å²) < 4.78 is 37.2. The highest BCUT2D eigenvalue weighted by molar-refractivity contribution is 5.15. The van der Waals surface area contributed by atoms with Crippen LogP contribution in [0.15, 0.2) is 91.0 Å². The first-order valence-electron chi connectivity index (χ1n) is 12.4. The molecule has 1 aliphatic heterocycles. The molecule has 6 heteroatoms. The molecule has 0 unspecified atom stereocenters. The highest BCUT2D eigenvalue weighted by Gasteiger charge is 2.48. The fraction of sp³-hybridized carbons (Fsp3) is 0.355. The summed E-state index contributed by atoms with van der Waals surface area (Å²) in [4.78, 5) is 0. The number of methoxy groups -OCH3 is 1. The molecule has 4 rings (SSSR count). The maximum atomic E-state index is 6.53. The van der Waals surface area contributed by atoms with Crippen LogP contribution in [-0.4, -0.2) is 51.0 Å². The highest BCUT2D eigenvalue weighted by atomic mass is 16.7. The molecule has 5 atom stereocenters. The Balaban J connectivity index is 1.59. The van der Waals surface area contributed by atoms with Crippen LogP contribution in [-0.2, 0) is 48.2 Å². The predicted octanol–water partition coefficient (Wildman–Crippen LogP) is 4.76. The second-order valence-corrected chi connectivity index (χ2v) is 8.78.